The number of hydrogen-bond acceptors (Lipinski definition) is 6. The molecule has 0 aliphatic rings. The molecule has 4 aromatic rings. The molecule has 0 aliphatic heterocycles. The van der Waals surface area contributed by atoms with E-state index >= 15 is 0 Å². The number of aromatic amines is 1. The van der Waals surface area contributed by atoms with Crippen molar-refractivity contribution in [2.24, 2.45) is 0 Å². The maximum atomic E-state index is 9.08. The molecule has 0 unspecified atom stereocenters. The number of aryl methyl sites for hydroxylation is 1. The van der Waals surface area contributed by atoms with E-state index in [1.165, 1.54) is 4.90 Å². The van der Waals surface area contributed by atoms with E-state index in [1.807, 2.05) is 51.4 Å². The van der Waals surface area contributed by atoms with Gasteiger partial charge in [0.1, 0.15) is 5.82 Å². The Balaban J connectivity index is 1.43. The van der Waals surface area contributed by atoms with Crippen molar-refractivity contribution in [1.29, 1.82) is 5.26 Å². The predicted octanol–water partition coefficient (Wildman–Crippen LogP) is 5.50. The molecule has 2 aromatic heterocycles. The van der Waals surface area contributed by atoms with Crippen molar-refractivity contribution in [2.75, 3.05) is 19.4 Å². The Labute approximate surface area is 192 Å². The number of anilines is 1. The third kappa shape index (κ3) is 5.17. The molecule has 0 saturated heterocycles. The average molecular weight is 441 g/mol. The zero-order valence-electron chi connectivity index (χ0n) is 18.3. The van der Waals surface area contributed by atoms with E-state index in [2.05, 4.69) is 61.2 Å². The topological polar surface area (TPSA) is 80.6 Å². The number of nitrogens with zero attached hydrogens (tertiary/aromatic N) is 4. The van der Waals surface area contributed by atoms with Crippen LogP contribution in [0.5, 0.6) is 0 Å². The standard InChI is InChI=1S/C25H24N6S/c1-17-12-18(15-26)4-9-23(17)20-10-11-27-25(13-20)28-16-21-14-24(30-29-21)19-5-7-22(8-6-19)32-31(2)3/h4-14H,16H2,1-3H3,(H,27,28)(H,29,30). The number of rotatable bonds is 7. The van der Waals surface area contributed by atoms with Crippen LogP contribution >= 0.6 is 11.9 Å². The molecule has 0 atom stereocenters. The highest BCUT2D eigenvalue weighted by atomic mass is 32.2. The van der Waals surface area contributed by atoms with Crippen LogP contribution < -0.4 is 5.32 Å². The third-order valence-corrected chi connectivity index (χ3v) is 5.80. The van der Waals surface area contributed by atoms with E-state index in [0.29, 0.717) is 12.1 Å². The van der Waals surface area contributed by atoms with Gasteiger partial charge in [0.2, 0.25) is 0 Å². The smallest absolute Gasteiger partial charge is 0.126 e. The maximum absolute atomic E-state index is 9.08. The molecule has 32 heavy (non-hydrogen) atoms. The Morgan fingerprint density at radius 2 is 1.84 bits per heavy atom. The number of benzene rings is 2. The van der Waals surface area contributed by atoms with Crippen LogP contribution in [0.15, 0.2) is 71.8 Å². The van der Waals surface area contributed by atoms with Crippen molar-refractivity contribution >= 4 is 17.8 Å². The quantitative estimate of drug-likeness (QED) is 0.369. The highest BCUT2D eigenvalue weighted by Gasteiger charge is 2.07. The van der Waals surface area contributed by atoms with Crippen LogP contribution in [0, 0.1) is 18.3 Å². The highest BCUT2D eigenvalue weighted by molar-refractivity contribution is 7.97. The fourth-order valence-corrected chi connectivity index (χ4v) is 4.11. The molecule has 2 aromatic carbocycles. The third-order valence-electron chi connectivity index (χ3n) is 4.96. The minimum atomic E-state index is 0.588. The van der Waals surface area contributed by atoms with E-state index < -0.39 is 0 Å². The summed E-state index contributed by atoms with van der Waals surface area (Å²) in [6, 6.07) is 22.3. The molecule has 0 radical (unpaired) electrons. The first-order valence-electron chi connectivity index (χ1n) is 10.2. The number of aromatic nitrogens is 3. The van der Waals surface area contributed by atoms with E-state index in [0.717, 1.165) is 39.5 Å². The normalized spacial score (nSPS) is 10.8. The number of pyridine rings is 1. The van der Waals surface area contributed by atoms with Gasteiger partial charge in [0.15, 0.2) is 0 Å². The summed E-state index contributed by atoms with van der Waals surface area (Å²) in [5, 5.41) is 20.0. The molecule has 7 heteroatoms. The molecule has 0 saturated carbocycles. The van der Waals surface area contributed by atoms with Crippen LogP contribution in [0.2, 0.25) is 0 Å². The van der Waals surface area contributed by atoms with Crippen LogP contribution in [-0.2, 0) is 6.54 Å². The Bertz CT molecular complexity index is 1250. The second-order valence-corrected chi connectivity index (χ2v) is 9.02. The van der Waals surface area contributed by atoms with Crippen LogP contribution in [0.3, 0.4) is 0 Å². The highest BCUT2D eigenvalue weighted by Crippen LogP contribution is 2.27. The van der Waals surface area contributed by atoms with Gasteiger partial charge >= 0.3 is 0 Å². The van der Waals surface area contributed by atoms with Crippen LogP contribution in [0.25, 0.3) is 22.4 Å². The van der Waals surface area contributed by atoms with Gasteiger partial charge in [-0.1, -0.05) is 18.2 Å². The lowest BCUT2D eigenvalue weighted by Gasteiger charge is -2.09. The minimum Gasteiger partial charge on any atom is -0.364 e. The molecule has 0 fully saturated rings. The molecule has 0 bridgehead atoms. The van der Waals surface area contributed by atoms with Crippen molar-refractivity contribution in [3.8, 4) is 28.5 Å². The molecular weight excluding hydrogens is 416 g/mol. The Morgan fingerprint density at radius 1 is 1.03 bits per heavy atom. The number of hydrogen-bond donors (Lipinski definition) is 2. The summed E-state index contributed by atoms with van der Waals surface area (Å²) >= 11 is 1.69. The van der Waals surface area contributed by atoms with E-state index in [-0.39, 0.29) is 0 Å². The van der Waals surface area contributed by atoms with Crippen molar-refractivity contribution in [1.82, 2.24) is 19.5 Å². The van der Waals surface area contributed by atoms with Gasteiger partial charge in [-0.25, -0.2) is 4.98 Å². The number of H-pyrrole nitrogens is 1. The van der Waals surface area contributed by atoms with Gasteiger partial charge in [-0.2, -0.15) is 10.4 Å². The second-order valence-electron chi connectivity index (χ2n) is 7.63. The van der Waals surface area contributed by atoms with Crippen molar-refractivity contribution in [3.05, 3.63) is 83.7 Å². The molecule has 0 spiro atoms. The van der Waals surface area contributed by atoms with Gasteiger partial charge in [0, 0.05) is 16.7 Å². The first-order valence-corrected chi connectivity index (χ1v) is 11.0. The lowest BCUT2D eigenvalue weighted by Crippen LogP contribution is -2.01. The zero-order valence-corrected chi connectivity index (χ0v) is 19.1. The van der Waals surface area contributed by atoms with Gasteiger partial charge in [0.05, 0.1) is 29.6 Å². The van der Waals surface area contributed by atoms with Gasteiger partial charge in [-0.15, -0.1) is 0 Å². The maximum Gasteiger partial charge on any atom is 0.126 e. The SMILES string of the molecule is Cc1cc(C#N)ccc1-c1ccnc(NCc2cc(-c3ccc(SN(C)C)cc3)n[nH]2)c1. The summed E-state index contributed by atoms with van der Waals surface area (Å²) in [6.07, 6.45) is 1.79. The molecule has 160 valence electrons. The van der Waals surface area contributed by atoms with Crippen LogP contribution in [0.4, 0.5) is 5.82 Å². The predicted molar refractivity (Wildman–Crippen MR) is 130 cm³/mol. The van der Waals surface area contributed by atoms with Gasteiger partial charge < -0.3 is 5.32 Å². The summed E-state index contributed by atoms with van der Waals surface area (Å²) in [5.41, 5.74) is 6.85. The molecule has 4 rings (SSSR count). The van der Waals surface area contributed by atoms with Crippen LogP contribution in [-0.4, -0.2) is 33.6 Å². The van der Waals surface area contributed by atoms with Crippen molar-refractivity contribution in [3.63, 3.8) is 0 Å². The summed E-state index contributed by atoms with van der Waals surface area (Å²) in [5.74, 6) is 0.785. The Hall–Kier alpha value is -3.60. The first kappa shape index (κ1) is 21.6. The molecule has 2 N–H and O–H groups in total. The largest absolute Gasteiger partial charge is 0.364 e. The minimum absolute atomic E-state index is 0.588. The molecule has 0 aliphatic carbocycles. The summed E-state index contributed by atoms with van der Waals surface area (Å²) in [4.78, 5) is 5.63. The number of nitrogens with one attached hydrogen (secondary N) is 2. The molecule has 6 nitrogen and oxygen atoms in total. The van der Waals surface area contributed by atoms with E-state index in [4.69, 9.17) is 5.26 Å². The molecule has 0 amide bonds. The average Bonchev–Trinajstić information content (AvgIpc) is 3.27. The zero-order chi connectivity index (χ0) is 22.5. The van der Waals surface area contributed by atoms with E-state index in [1.54, 1.807) is 18.1 Å². The lowest BCUT2D eigenvalue weighted by molar-refractivity contribution is 0.702. The molecule has 2 heterocycles. The summed E-state index contributed by atoms with van der Waals surface area (Å²) < 4.78 is 2.07. The first-order chi connectivity index (χ1) is 15.5. The van der Waals surface area contributed by atoms with Gasteiger partial charge in [0.25, 0.3) is 0 Å². The monoisotopic (exact) mass is 440 g/mol. The summed E-state index contributed by atoms with van der Waals surface area (Å²) in [6.45, 7) is 2.60. The van der Waals surface area contributed by atoms with Crippen LogP contribution in [0.1, 0.15) is 16.8 Å². The molecular formula is C25H24N6S. The van der Waals surface area contributed by atoms with Gasteiger partial charge in [-0.05, 0) is 92.1 Å². The Kier molecular flexibility index (Phi) is 6.55. The fraction of sp³-hybridized carbons (Fsp3) is 0.160. The number of nitriles is 1. The second kappa shape index (κ2) is 9.69. The Morgan fingerprint density at radius 3 is 2.56 bits per heavy atom. The van der Waals surface area contributed by atoms with Crippen molar-refractivity contribution in [2.45, 2.75) is 18.4 Å². The van der Waals surface area contributed by atoms with Crippen molar-refractivity contribution < 1.29 is 0 Å². The fourth-order valence-electron chi connectivity index (χ4n) is 3.44. The summed E-state index contributed by atoms with van der Waals surface area (Å²) in [7, 11) is 4.06. The van der Waals surface area contributed by atoms with Gasteiger partial charge in [-0.3, -0.25) is 9.40 Å². The van der Waals surface area contributed by atoms with E-state index in [9.17, 15) is 0 Å². The lowest BCUT2D eigenvalue weighted by atomic mass is 9.99.